The van der Waals surface area contributed by atoms with E-state index in [-0.39, 0.29) is 6.07 Å². The zero-order valence-electron chi connectivity index (χ0n) is 11.1. The number of rotatable bonds is 4. The summed E-state index contributed by atoms with van der Waals surface area (Å²) in [5.41, 5.74) is -3.57. The van der Waals surface area contributed by atoms with Gasteiger partial charge in [-0.05, 0) is 24.6 Å². The van der Waals surface area contributed by atoms with Crippen LogP contribution in [0.2, 0.25) is 0 Å². The number of hydrogen-bond acceptors (Lipinski definition) is 1. The van der Waals surface area contributed by atoms with E-state index in [0.29, 0.717) is 25.1 Å². The van der Waals surface area contributed by atoms with Gasteiger partial charge in [0, 0.05) is 0 Å². The summed E-state index contributed by atoms with van der Waals surface area (Å²) in [5.74, 6) is -0.833. The zero-order valence-corrected chi connectivity index (χ0v) is 11.1. The minimum absolute atomic E-state index is 0.00280. The molecule has 0 unspecified atom stereocenters. The largest absolute Gasteiger partial charge is 0.416 e. The van der Waals surface area contributed by atoms with Crippen LogP contribution in [0, 0.1) is 0 Å². The van der Waals surface area contributed by atoms with Crippen molar-refractivity contribution < 1.29 is 36.5 Å². The first-order valence-corrected chi connectivity index (χ1v) is 6.22. The number of amides is 1. The quantitative estimate of drug-likeness (QED) is 0.672. The van der Waals surface area contributed by atoms with Crippen LogP contribution in [0.5, 0.6) is 0 Å². The van der Waals surface area contributed by atoms with Crippen LogP contribution in [0.4, 0.5) is 26.3 Å². The molecule has 0 atom stereocenters. The molecule has 1 aromatic carbocycles. The Kier molecular flexibility index (Phi) is 5.38. The number of hydrogen-bond donors (Lipinski definition) is 1. The van der Waals surface area contributed by atoms with Gasteiger partial charge in [0.25, 0.3) is 0 Å². The summed E-state index contributed by atoms with van der Waals surface area (Å²) in [5, 5.41) is 1.11. The lowest BCUT2D eigenvalue weighted by molar-refractivity contribution is -0.555. The van der Waals surface area contributed by atoms with Crippen LogP contribution in [-0.2, 0) is 12.4 Å². The molecule has 0 fully saturated rings. The van der Waals surface area contributed by atoms with Crippen molar-refractivity contribution in [1.29, 1.82) is 0 Å². The second-order valence-corrected chi connectivity index (χ2v) is 4.51. The van der Waals surface area contributed by atoms with Gasteiger partial charge in [0.15, 0.2) is 0 Å². The van der Waals surface area contributed by atoms with Crippen molar-refractivity contribution in [3.63, 3.8) is 0 Å². The lowest BCUT2D eigenvalue weighted by Gasteiger charge is -2.13. The Hall–Kier alpha value is -1.57. The molecule has 8 heteroatoms. The van der Waals surface area contributed by atoms with E-state index in [9.17, 15) is 31.1 Å². The highest BCUT2D eigenvalue weighted by atomic mass is 19.4. The van der Waals surface area contributed by atoms with Crippen molar-refractivity contribution in [2.75, 3.05) is 6.54 Å². The Morgan fingerprint density at radius 2 is 1.48 bits per heavy atom. The van der Waals surface area contributed by atoms with Crippen molar-refractivity contribution in [2.24, 2.45) is 0 Å². The minimum Gasteiger partial charge on any atom is -0.279 e. The third-order valence-corrected chi connectivity index (χ3v) is 2.76. The molecule has 0 aromatic heterocycles. The summed E-state index contributed by atoms with van der Waals surface area (Å²) in [4.78, 5) is 11.7. The van der Waals surface area contributed by atoms with Crippen molar-refractivity contribution in [3.05, 3.63) is 34.9 Å². The maximum atomic E-state index is 12.6. The van der Waals surface area contributed by atoms with Gasteiger partial charge in [-0.3, -0.25) is 5.32 Å². The molecule has 2 N–H and O–H groups in total. The van der Waals surface area contributed by atoms with E-state index < -0.39 is 35.0 Å². The maximum Gasteiger partial charge on any atom is 0.416 e. The first kappa shape index (κ1) is 17.5. The van der Waals surface area contributed by atoms with Crippen LogP contribution >= 0.6 is 0 Å². The molecule has 21 heavy (non-hydrogen) atoms. The molecule has 0 spiro atoms. The van der Waals surface area contributed by atoms with Crippen molar-refractivity contribution >= 4 is 5.91 Å². The lowest BCUT2D eigenvalue weighted by Crippen LogP contribution is -2.88. The molecular formula is C13H14F6NO+. The van der Waals surface area contributed by atoms with Gasteiger partial charge in [-0.25, -0.2) is 4.79 Å². The lowest BCUT2D eigenvalue weighted by atomic mass is 10.0. The summed E-state index contributed by atoms with van der Waals surface area (Å²) in [6.07, 6.45) is -8.49. The van der Waals surface area contributed by atoms with Crippen LogP contribution < -0.4 is 5.32 Å². The van der Waals surface area contributed by atoms with Gasteiger partial charge in [0.2, 0.25) is 0 Å². The predicted molar refractivity (Wildman–Crippen MR) is 62.5 cm³/mol. The molecule has 0 saturated heterocycles. The fraction of sp³-hybridized carbons (Fsp3) is 0.462. The van der Waals surface area contributed by atoms with E-state index in [4.69, 9.17) is 0 Å². The second-order valence-electron chi connectivity index (χ2n) is 4.51. The molecule has 2 nitrogen and oxygen atoms in total. The Labute approximate surface area is 117 Å². The smallest absolute Gasteiger partial charge is 0.279 e. The normalized spacial score (nSPS) is 12.5. The third-order valence-electron chi connectivity index (χ3n) is 2.76. The van der Waals surface area contributed by atoms with Gasteiger partial charge in [-0.15, -0.1) is 0 Å². The highest BCUT2D eigenvalue weighted by Crippen LogP contribution is 2.36. The Balaban J connectivity index is 3.17. The van der Waals surface area contributed by atoms with Gasteiger partial charge in [-0.2, -0.15) is 26.3 Å². The number of carbonyl (C=O) groups excluding carboxylic acids is 1. The molecule has 118 valence electrons. The summed E-state index contributed by atoms with van der Waals surface area (Å²) >= 11 is 0. The summed E-state index contributed by atoms with van der Waals surface area (Å²) in [6.45, 7) is 2.16. The van der Waals surface area contributed by atoms with E-state index in [1.54, 1.807) is 0 Å². The van der Waals surface area contributed by atoms with E-state index in [2.05, 4.69) is 0 Å². The summed E-state index contributed by atoms with van der Waals surface area (Å²) in [7, 11) is 0. The average Bonchev–Trinajstić information content (AvgIpc) is 2.36. The van der Waals surface area contributed by atoms with Crippen LogP contribution in [0.1, 0.15) is 41.3 Å². The van der Waals surface area contributed by atoms with E-state index in [1.165, 1.54) is 0 Å². The SMILES string of the molecule is CCCC[NH2+]C(=O)c1cc(C(F)(F)F)cc(C(F)(F)F)c1. The first-order valence-electron chi connectivity index (χ1n) is 6.22. The Morgan fingerprint density at radius 1 is 1.00 bits per heavy atom. The van der Waals surface area contributed by atoms with Crippen LogP contribution in [0.25, 0.3) is 0 Å². The standard InChI is InChI=1S/C13H13F6NO/c1-2-3-4-20-11(21)8-5-9(12(14,15)16)7-10(6-8)13(17,18)19/h5-7H,2-4H2,1H3,(H,20,21)/p+1. The summed E-state index contributed by atoms with van der Waals surface area (Å²) < 4.78 is 75.7. The van der Waals surface area contributed by atoms with Crippen molar-refractivity contribution in [3.8, 4) is 0 Å². The monoisotopic (exact) mass is 314 g/mol. The van der Waals surface area contributed by atoms with Gasteiger partial charge >= 0.3 is 18.3 Å². The van der Waals surface area contributed by atoms with Gasteiger partial charge in [0.1, 0.15) is 0 Å². The van der Waals surface area contributed by atoms with Crippen LogP contribution in [0.3, 0.4) is 0 Å². The highest BCUT2D eigenvalue weighted by Gasteiger charge is 2.37. The average molecular weight is 314 g/mol. The van der Waals surface area contributed by atoms with E-state index in [1.807, 2.05) is 6.92 Å². The molecule has 1 amide bonds. The second kappa shape index (κ2) is 6.46. The molecule has 1 aromatic rings. The Morgan fingerprint density at radius 3 is 1.86 bits per heavy atom. The number of carbonyl (C=O) groups is 1. The summed E-state index contributed by atoms with van der Waals surface area (Å²) in [6, 6.07) is 0.892. The molecule has 0 aliphatic carbocycles. The fourth-order valence-electron chi connectivity index (χ4n) is 1.65. The molecule has 0 radical (unpaired) electrons. The van der Waals surface area contributed by atoms with Crippen LogP contribution in [0.15, 0.2) is 18.2 Å². The van der Waals surface area contributed by atoms with Gasteiger partial charge in [0.05, 0.1) is 23.2 Å². The topological polar surface area (TPSA) is 33.7 Å². The Bertz CT molecular complexity index is 474. The van der Waals surface area contributed by atoms with Crippen molar-refractivity contribution in [1.82, 2.24) is 0 Å². The molecule has 0 heterocycles. The third kappa shape index (κ3) is 5.04. The number of benzene rings is 1. The number of nitrogens with two attached hydrogens (primary N) is 1. The zero-order chi connectivity index (χ0) is 16.3. The number of halogens is 6. The predicted octanol–water partition coefficient (Wildman–Crippen LogP) is 3.23. The minimum atomic E-state index is -4.94. The number of alkyl halides is 6. The molecule has 1 rings (SSSR count). The molecular weight excluding hydrogens is 300 g/mol. The molecule has 0 aliphatic rings. The van der Waals surface area contributed by atoms with Crippen LogP contribution in [-0.4, -0.2) is 12.5 Å². The number of primary amides is 1. The number of quaternary nitrogens is 1. The molecule has 0 aliphatic heterocycles. The number of unbranched alkanes of at least 4 members (excludes halogenated alkanes) is 1. The van der Waals surface area contributed by atoms with E-state index in [0.717, 1.165) is 11.7 Å². The van der Waals surface area contributed by atoms with Crippen molar-refractivity contribution in [2.45, 2.75) is 32.1 Å². The first-order chi connectivity index (χ1) is 9.55. The molecule has 0 saturated carbocycles. The van der Waals surface area contributed by atoms with Gasteiger partial charge in [-0.1, -0.05) is 13.3 Å². The fourth-order valence-corrected chi connectivity index (χ4v) is 1.65. The highest BCUT2D eigenvalue weighted by molar-refractivity contribution is 5.87. The molecule has 0 bridgehead atoms. The maximum absolute atomic E-state index is 12.6. The van der Waals surface area contributed by atoms with E-state index >= 15 is 0 Å². The van der Waals surface area contributed by atoms with Gasteiger partial charge < -0.3 is 0 Å².